The van der Waals surface area contributed by atoms with Gasteiger partial charge in [0.15, 0.2) is 5.41 Å². The molecule has 2 atom stereocenters. The SMILES string of the molecule is CCCN1CC=C2C(C#N)=C(N)C(C#N)(C#N)[C@@H](c3cc(OC)ccc3OC)[C@H]2C1. The first-order valence-electron chi connectivity index (χ1n) is 9.88. The summed E-state index contributed by atoms with van der Waals surface area (Å²) in [5.41, 5.74) is 6.41. The molecule has 0 radical (unpaired) electrons. The molecule has 30 heavy (non-hydrogen) atoms. The molecule has 0 amide bonds. The molecular formula is C23H25N5O2. The van der Waals surface area contributed by atoms with Crippen LogP contribution in [0.15, 0.2) is 41.1 Å². The smallest absolute Gasteiger partial charge is 0.191 e. The molecule has 0 saturated heterocycles. The number of fused-ring (bicyclic) bond motifs is 1. The van der Waals surface area contributed by atoms with E-state index in [0.29, 0.717) is 30.2 Å². The van der Waals surface area contributed by atoms with Crippen molar-refractivity contribution in [3.8, 4) is 29.7 Å². The lowest BCUT2D eigenvalue weighted by Gasteiger charge is -2.45. The van der Waals surface area contributed by atoms with Gasteiger partial charge in [-0.3, -0.25) is 4.90 Å². The maximum absolute atomic E-state index is 10.2. The summed E-state index contributed by atoms with van der Waals surface area (Å²) < 4.78 is 11.0. The van der Waals surface area contributed by atoms with E-state index in [4.69, 9.17) is 15.2 Å². The topological polar surface area (TPSA) is 119 Å². The van der Waals surface area contributed by atoms with Gasteiger partial charge in [0.05, 0.1) is 37.6 Å². The average molecular weight is 403 g/mol. The van der Waals surface area contributed by atoms with Crippen LogP contribution in [0.3, 0.4) is 0 Å². The van der Waals surface area contributed by atoms with E-state index in [1.165, 1.54) is 0 Å². The first kappa shape index (κ1) is 21.2. The molecule has 0 aromatic heterocycles. The van der Waals surface area contributed by atoms with Crippen LogP contribution in [-0.4, -0.2) is 38.8 Å². The van der Waals surface area contributed by atoms with Gasteiger partial charge in [-0.25, -0.2) is 0 Å². The fourth-order valence-electron chi connectivity index (χ4n) is 4.66. The van der Waals surface area contributed by atoms with Crippen LogP contribution < -0.4 is 15.2 Å². The Morgan fingerprint density at radius 3 is 2.50 bits per heavy atom. The number of allylic oxidation sites excluding steroid dienone is 2. The number of hydrogen-bond donors (Lipinski definition) is 1. The molecule has 0 unspecified atom stereocenters. The van der Waals surface area contributed by atoms with Gasteiger partial charge >= 0.3 is 0 Å². The number of benzene rings is 1. The van der Waals surface area contributed by atoms with Crippen molar-refractivity contribution >= 4 is 0 Å². The summed E-state index contributed by atoms with van der Waals surface area (Å²) in [6, 6.07) is 11.8. The molecule has 1 aliphatic heterocycles. The molecule has 0 fully saturated rings. The molecule has 0 bridgehead atoms. The Labute approximate surface area is 177 Å². The monoisotopic (exact) mass is 403 g/mol. The molecule has 1 aliphatic carbocycles. The molecule has 2 N–H and O–H groups in total. The van der Waals surface area contributed by atoms with E-state index >= 15 is 0 Å². The van der Waals surface area contributed by atoms with E-state index in [1.54, 1.807) is 32.4 Å². The number of nitrogens with zero attached hydrogens (tertiary/aromatic N) is 4. The Kier molecular flexibility index (Phi) is 6.01. The Hall–Kier alpha value is -3.47. The summed E-state index contributed by atoms with van der Waals surface area (Å²) in [5.74, 6) is 0.278. The number of rotatable bonds is 5. The second-order valence-electron chi connectivity index (χ2n) is 7.54. The minimum atomic E-state index is -1.69. The van der Waals surface area contributed by atoms with Crippen molar-refractivity contribution in [1.29, 1.82) is 15.8 Å². The van der Waals surface area contributed by atoms with E-state index in [9.17, 15) is 15.8 Å². The average Bonchev–Trinajstić information content (AvgIpc) is 2.78. The third-order valence-corrected chi connectivity index (χ3v) is 6.05. The highest BCUT2D eigenvalue weighted by atomic mass is 16.5. The lowest BCUT2D eigenvalue weighted by atomic mass is 9.58. The number of ether oxygens (including phenoxy) is 2. The Balaban J connectivity index is 2.34. The van der Waals surface area contributed by atoms with E-state index in [1.807, 2.05) is 6.08 Å². The first-order valence-corrected chi connectivity index (χ1v) is 9.88. The second-order valence-corrected chi connectivity index (χ2v) is 7.54. The zero-order valence-corrected chi connectivity index (χ0v) is 17.5. The van der Waals surface area contributed by atoms with Crippen LogP contribution in [0, 0.1) is 45.3 Å². The Morgan fingerprint density at radius 1 is 1.20 bits per heavy atom. The zero-order valence-electron chi connectivity index (χ0n) is 17.5. The summed E-state index contributed by atoms with van der Waals surface area (Å²) in [7, 11) is 3.11. The lowest BCUT2D eigenvalue weighted by Crippen LogP contribution is -2.48. The predicted molar refractivity (Wildman–Crippen MR) is 111 cm³/mol. The van der Waals surface area contributed by atoms with Gasteiger partial charge in [0.2, 0.25) is 0 Å². The maximum Gasteiger partial charge on any atom is 0.191 e. The molecule has 0 saturated carbocycles. The first-order chi connectivity index (χ1) is 14.5. The molecule has 154 valence electrons. The molecule has 0 spiro atoms. The fourth-order valence-corrected chi connectivity index (χ4v) is 4.66. The predicted octanol–water partition coefficient (Wildman–Crippen LogP) is 2.84. The van der Waals surface area contributed by atoms with Crippen LogP contribution in [0.1, 0.15) is 24.8 Å². The number of methoxy groups -OCH3 is 2. The normalized spacial score (nSPS) is 22.7. The second kappa shape index (κ2) is 8.49. The quantitative estimate of drug-likeness (QED) is 0.803. The molecule has 2 aliphatic rings. The van der Waals surface area contributed by atoms with Gasteiger partial charge in [0.25, 0.3) is 0 Å². The molecule has 1 aromatic carbocycles. The molecular weight excluding hydrogens is 378 g/mol. The number of hydrogen-bond acceptors (Lipinski definition) is 7. The van der Waals surface area contributed by atoms with E-state index in [0.717, 1.165) is 18.5 Å². The summed E-state index contributed by atoms with van der Waals surface area (Å²) in [6.07, 6.45) is 2.99. The van der Waals surface area contributed by atoms with Crippen LogP contribution in [0.5, 0.6) is 11.5 Å². The minimum absolute atomic E-state index is 0.0105. The van der Waals surface area contributed by atoms with Crippen LogP contribution in [0.2, 0.25) is 0 Å². The summed E-state index contributed by atoms with van der Waals surface area (Å²) >= 11 is 0. The van der Waals surface area contributed by atoms with Gasteiger partial charge in [-0.2, -0.15) is 15.8 Å². The summed E-state index contributed by atoms with van der Waals surface area (Å²) in [6.45, 7) is 4.31. The number of nitriles is 3. The molecule has 1 heterocycles. The van der Waals surface area contributed by atoms with Gasteiger partial charge < -0.3 is 15.2 Å². The van der Waals surface area contributed by atoms with E-state index in [2.05, 4.69) is 30.0 Å². The lowest BCUT2D eigenvalue weighted by molar-refractivity contribution is 0.205. The van der Waals surface area contributed by atoms with Gasteiger partial charge in [0.1, 0.15) is 17.6 Å². The van der Waals surface area contributed by atoms with Crippen molar-refractivity contribution in [2.24, 2.45) is 17.1 Å². The van der Waals surface area contributed by atoms with Crippen molar-refractivity contribution in [2.75, 3.05) is 33.9 Å². The third kappa shape index (κ3) is 3.16. The third-order valence-electron chi connectivity index (χ3n) is 6.05. The Morgan fingerprint density at radius 2 is 1.93 bits per heavy atom. The Bertz CT molecular complexity index is 1010. The van der Waals surface area contributed by atoms with Crippen LogP contribution >= 0.6 is 0 Å². The molecule has 3 rings (SSSR count). The van der Waals surface area contributed by atoms with Gasteiger partial charge in [-0.1, -0.05) is 13.0 Å². The summed E-state index contributed by atoms with van der Waals surface area (Å²) in [4.78, 5) is 2.27. The summed E-state index contributed by atoms with van der Waals surface area (Å²) in [5, 5.41) is 30.2. The van der Waals surface area contributed by atoms with Crippen molar-refractivity contribution in [3.05, 3.63) is 46.7 Å². The van der Waals surface area contributed by atoms with Gasteiger partial charge in [-0.15, -0.1) is 0 Å². The van der Waals surface area contributed by atoms with Crippen molar-refractivity contribution < 1.29 is 9.47 Å². The maximum atomic E-state index is 10.2. The van der Waals surface area contributed by atoms with Crippen LogP contribution in [0.4, 0.5) is 0 Å². The van der Waals surface area contributed by atoms with Crippen molar-refractivity contribution in [2.45, 2.75) is 19.3 Å². The molecule has 1 aromatic rings. The van der Waals surface area contributed by atoms with Gasteiger partial charge in [0, 0.05) is 30.5 Å². The highest BCUT2D eigenvalue weighted by Crippen LogP contribution is 2.56. The van der Waals surface area contributed by atoms with E-state index < -0.39 is 11.3 Å². The molecule has 7 heteroatoms. The van der Waals surface area contributed by atoms with E-state index in [-0.39, 0.29) is 17.2 Å². The van der Waals surface area contributed by atoms with Crippen LogP contribution in [-0.2, 0) is 0 Å². The number of nitrogens with two attached hydrogens (primary N) is 1. The standard InChI is InChI=1S/C23H25N5O2/c1-4-8-28-9-7-16-18(11-24)22(27)23(13-25,14-26)21(19(16)12-28)17-10-15(29-2)5-6-20(17)30-3/h5-7,10,19,21H,4,8-9,12,27H2,1-3H3/t19-,21-/m0/s1. The highest BCUT2D eigenvalue weighted by Gasteiger charge is 2.55. The fraction of sp³-hybridized carbons (Fsp3) is 0.435. The van der Waals surface area contributed by atoms with Crippen molar-refractivity contribution in [1.82, 2.24) is 4.90 Å². The largest absolute Gasteiger partial charge is 0.497 e. The van der Waals surface area contributed by atoms with Crippen LogP contribution in [0.25, 0.3) is 0 Å². The highest BCUT2D eigenvalue weighted by molar-refractivity contribution is 5.61. The van der Waals surface area contributed by atoms with Gasteiger partial charge in [-0.05, 0) is 36.7 Å². The minimum Gasteiger partial charge on any atom is -0.497 e. The molecule has 7 nitrogen and oxygen atoms in total. The van der Waals surface area contributed by atoms with Crippen molar-refractivity contribution in [3.63, 3.8) is 0 Å². The zero-order chi connectivity index (χ0) is 21.9.